The van der Waals surface area contributed by atoms with E-state index in [1.165, 1.54) is 0 Å². The lowest BCUT2D eigenvalue weighted by molar-refractivity contribution is -0.197. The van der Waals surface area contributed by atoms with Crippen LogP contribution in [0.25, 0.3) is 0 Å². The number of carbonyl (C=O) groups is 5. The minimum Gasteiger partial charge on any atom is -0.367 e. The maximum absolute atomic E-state index is 12.1. The van der Waals surface area contributed by atoms with E-state index in [1.807, 2.05) is 11.8 Å². The summed E-state index contributed by atoms with van der Waals surface area (Å²) < 4.78 is 31.2. The van der Waals surface area contributed by atoms with E-state index in [-0.39, 0.29) is 23.2 Å². The molecule has 43 heavy (non-hydrogen) atoms. The molecule has 15 heteroatoms. The first-order valence-corrected chi connectivity index (χ1v) is 17.7. The predicted octanol–water partition coefficient (Wildman–Crippen LogP) is 2.12. The average molecular weight is 645 g/mol. The minimum atomic E-state index is -4.76. The molecule has 3 fully saturated rings. The molecule has 4 N–H and O–H groups in total. The quantitative estimate of drug-likeness (QED) is 0.0860. The third-order valence-corrected chi connectivity index (χ3v) is 10.4. The van der Waals surface area contributed by atoms with Crippen LogP contribution in [0, 0.1) is 0 Å². The Morgan fingerprint density at radius 3 is 2.28 bits per heavy atom. The summed E-state index contributed by atoms with van der Waals surface area (Å²) in [6, 6.07) is 0.918. The molecule has 3 saturated heterocycles. The van der Waals surface area contributed by atoms with Gasteiger partial charge in [0.15, 0.2) is 5.25 Å². The highest BCUT2D eigenvalue weighted by Gasteiger charge is 2.48. The highest BCUT2D eigenvalue weighted by atomic mass is 32.2. The summed E-state index contributed by atoms with van der Waals surface area (Å²) in [5.41, 5.74) is 0. The molecular formula is C28H44N4O9S2. The second-order valence-electron chi connectivity index (χ2n) is 11.3. The zero-order chi connectivity index (χ0) is 31.4. The number of carbonyl (C=O) groups excluding carboxylic acids is 5. The lowest BCUT2D eigenvalue weighted by Crippen LogP contribution is -2.36. The van der Waals surface area contributed by atoms with Gasteiger partial charge in [0.05, 0.1) is 24.3 Å². The first-order chi connectivity index (χ1) is 20.5. The van der Waals surface area contributed by atoms with Crippen molar-refractivity contribution in [2.24, 2.45) is 0 Å². The van der Waals surface area contributed by atoms with E-state index < -0.39 is 39.6 Å². The van der Waals surface area contributed by atoms with Gasteiger partial charge in [0, 0.05) is 43.2 Å². The normalized spacial score (nSPS) is 23.2. The number of fused-ring (bicyclic) bond motifs is 1. The largest absolute Gasteiger partial charge is 0.367 e. The maximum atomic E-state index is 12.1. The molecule has 3 rings (SSSR count). The number of Topliss-reactive ketones (excluding diaryl/α,β-unsaturated/α-hetero) is 1. The van der Waals surface area contributed by atoms with E-state index in [9.17, 15) is 32.4 Å². The second kappa shape index (κ2) is 17.0. The summed E-state index contributed by atoms with van der Waals surface area (Å²) in [6.07, 6.45) is 8.62. The van der Waals surface area contributed by atoms with Crippen LogP contribution in [0.2, 0.25) is 0 Å². The Bertz CT molecular complexity index is 1150. The molecule has 0 bridgehead atoms. The van der Waals surface area contributed by atoms with Gasteiger partial charge in [0.25, 0.3) is 21.9 Å². The van der Waals surface area contributed by atoms with Gasteiger partial charge in [-0.3, -0.25) is 23.7 Å². The van der Waals surface area contributed by atoms with E-state index in [2.05, 4.69) is 27.4 Å². The molecule has 4 atom stereocenters. The van der Waals surface area contributed by atoms with Crippen LogP contribution in [0.1, 0.15) is 96.3 Å². The molecule has 0 radical (unpaired) electrons. The molecule has 3 heterocycles. The maximum Gasteiger partial charge on any atom is 0.333 e. The van der Waals surface area contributed by atoms with Crippen molar-refractivity contribution in [3.05, 3.63) is 12.4 Å². The summed E-state index contributed by atoms with van der Waals surface area (Å²) in [5.74, 6) is -0.864. The van der Waals surface area contributed by atoms with Crippen LogP contribution >= 0.6 is 11.8 Å². The molecule has 0 aromatic carbocycles. The molecule has 13 nitrogen and oxygen atoms in total. The molecule has 4 unspecified atom stereocenters. The third kappa shape index (κ3) is 11.4. The van der Waals surface area contributed by atoms with Crippen molar-refractivity contribution in [2.75, 3.05) is 12.3 Å². The standard InChI is InChI=1S/C28H44N4O9S2/c1-19-30-21-18-42-22(27(21)31-19)13-8-9-14-24(34)29-16-10-4-6-12-20(33)11-5-2-3-7-15-26(36)41-32-25(35)17-23(28(32)37)43(38,39)40/h21-23,27,30-31H,1-18H2,(H,29,34)(H,38,39,40). The van der Waals surface area contributed by atoms with Crippen LogP contribution < -0.4 is 16.0 Å². The Hall–Kier alpha value is -2.65. The van der Waals surface area contributed by atoms with Crippen LogP contribution in [-0.2, 0) is 38.9 Å². The zero-order valence-electron chi connectivity index (χ0n) is 24.5. The van der Waals surface area contributed by atoms with Gasteiger partial charge in [-0.25, -0.2) is 4.79 Å². The van der Waals surface area contributed by atoms with Crippen molar-refractivity contribution < 1.29 is 41.8 Å². The smallest absolute Gasteiger partial charge is 0.333 e. The van der Waals surface area contributed by atoms with Crippen molar-refractivity contribution in [3.8, 4) is 0 Å². The molecule has 0 aromatic rings. The lowest BCUT2D eigenvalue weighted by Gasteiger charge is -2.17. The van der Waals surface area contributed by atoms with Gasteiger partial charge < -0.3 is 20.8 Å². The molecular weight excluding hydrogens is 600 g/mol. The monoisotopic (exact) mass is 644 g/mol. The SMILES string of the molecule is C=C1NC2CSC(CCCCC(=O)NCCCCCC(=O)CCCCCCC(=O)ON3C(=O)CC(S(=O)(=O)O)C3=O)C2N1. The van der Waals surface area contributed by atoms with E-state index in [0.29, 0.717) is 62.4 Å². The fourth-order valence-corrected chi connectivity index (χ4v) is 7.70. The molecule has 3 aliphatic rings. The van der Waals surface area contributed by atoms with Crippen LogP contribution in [-0.4, -0.2) is 82.4 Å². The summed E-state index contributed by atoms with van der Waals surface area (Å²) in [6.45, 7) is 4.57. The van der Waals surface area contributed by atoms with E-state index in [1.54, 1.807) is 0 Å². The molecule has 3 amide bonds. The second-order valence-corrected chi connectivity index (χ2v) is 14.2. The van der Waals surface area contributed by atoms with Crippen molar-refractivity contribution in [1.82, 2.24) is 21.0 Å². The van der Waals surface area contributed by atoms with Crippen molar-refractivity contribution in [1.29, 1.82) is 0 Å². The number of imide groups is 1. The van der Waals surface area contributed by atoms with Gasteiger partial charge in [0.2, 0.25) is 5.91 Å². The Balaban J connectivity index is 1.09. The molecule has 0 spiro atoms. The average Bonchev–Trinajstić information content (AvgIpc) is 3.58. The van der Waals surface area contributed by atoms with Crippen LogP contribution in [0.4, 0.5) is 0 Å². The summed E-state index contributed by atoms with van der Waals surface area (Å²) in [4.78, 5) is 64.4. The highest BCUT2D eigenvalue weighted by Crippen LogP contribution is 2.34. The van der Waals surface area contributed by atoms with E-state index >= 15 is 0 Å². The first kappa shape index (κ1) is 34.8. The Morgan fingerprint density at radius 2 is 1.60 bits per heavy atom. The number of unbranched alkanes of at least 4 members (excludes halogenated alkanes) is 6. The number of amides is 3. The topological polar surface area (TPSA) is 188 Å². The number of nitrogens with one attached hydrogen (secondary N) is 3. The van der Waals surface area contributed by atoms with E-state index in [4.69, 9.17) is 4.55 Å². The lowest BCUT2D eigenvalue weighted by atomic mass is 10.0. The summed E-state index contributed by atoms with van der Waals surface area (Å²) in [5, 5.41) is 8.49. The fourth-order valence-electron chi connectivity index (χ4n) is 5.45. The number of hydrogen-bond donors (Lipinski definition) is 4. The number of ketones is 1. The van der Waals surface area contributed by atoms with Crippen molar-refractivity contribution >= 4 is 51.4 Å². The number of thioether (sulfide) groups is 1. The number of rotatable bonds is 20. The molecule has 0 aromatic heterocycles. The molecule has 0 saturated carbocycles. The number of hydroxylamine groups is 2. The summed E-state index contributed by atoms with van der Waals surface area (Å²) >= 11 is 1.99. The van der Waals surface area contributed by atoms with Gasteiger partial charge >= 0.3 is 5.97 Å². The molecule has 242 valence electrons. The zero-order valence-corrected chi connectivity index (χ0v) is 26.1. The van der Waals surface area contributed by atoms with E-state index in [0.717, 1.165) is 56.5 Å². The van der Waals surface area contributed by atoms with Gasteiger partial charge in [-0.2, -0.15) is 20.2 Å². The predicted molar refractivity (Wildman–Crippen MR) is 160 cm³/mol. The Kier molecular flexibility index (Phi) is 13.8. The third-order valence-electron chi connectivity index (χ3n) is 7.82. The van der Waals surface area contributed by atoms with Gasteiger partial charge in [0.1, 0.15) is 5.78 Å². The summed E-state index contributed by atoms with van der Waals surface area (Å²) in [7, 11) is -4.76. The highest BCUT2D eigenvalue weighted by molar-refractivity contribution is 8.00. The van der Waals surface area contributed by atoms with Crippen LogP contribution in [0.15, 0.2) is 12.4 Å². The van der Waals surface area contributed by atoms with Gasteiger partial charge in [-0.15, -0.1) is 5.06 Å². The molecule has 0 aliphatic carbocycles. The van der Waals surface area contributed by atoms with Gasteiger partial charge in [-0.05, 0) is 38.5 Å². The Labute approximate surface area is 257 Å². The Morgan fingerprint density at radius 1 is 0.953 bits per heavy atom. The first-order valence-electron chi connectivity index (χ1n) is 15.1. The fraction of sp³-hybridized carbons (Fsp3) is 0.750. The number of hydrogen-bond acceptors (Lipinski definition) is 11. The van der Waals surface area contributed by atoms with Gasteiger partial charge in [-0.1, -0.05) is 32.3 Å². The van der Waals surface area contributed by atoms with Crippen molar-refractivity contribution in [3.63, 3.8) is 0 Å². The van der Waals surface area contributed by atoms with Crippen molar-refractivity contribution in [2.45, 2.75) is 119 Å². The van der Waals surface area contributed by atoms with Crippen LogP contribution in [0.5, 0.6) is 0 Å². The molecule has 3 aliphatic heterocycles. The van der Waals surface area contributed by atoms with Crippen LogP contribution in [0.3, 0.4) is 0 Å². The number of nitrogens with zero attached hydrogens (tertiary/aromatic N) is 1. The minimum absolute atomic E-state index is 0.0784.